The van der Waals surface area contributed by atoms with E-state index >= 15 is 0 Å². The standard InChI is InChI=1S/C24H28N2O3/c27-23(12-17-8-10-20(11-9-17)19-4-2-1-3-5-19)25-21-13-22(14-21)26(16-24(28)29)15-18-6-7-18/h1-5,8-11,18,21-22H,6-7,12-16H2,(H,25,27)(H,28,29). The van der Waals surface area contributed by atoms with Crippen molar-refractivity contribution in [2.75, 3.05) is 13.1 Å². The van der Waals surface area contributed by atoms with Crippen LogP contribution in [0.5, 0.6) is 0 Å². The van der Waals surface area contributed by atoms with Crippen molar-refractivity contribution in [1.29, 1.82) is 0 Å². The van der Waals surface area contributed by atoms with Gasteiger partial charge >= 0.3 is 5.97 Å². The van der Waals surface area contributed by atoms with E-state index in [2.05, 4.69) is 34.5 Å². The fourth-order valence-corrected chi connectivity index (χ4v) is 4.06. The molecule has 0 aromatic heterocycles. The number of amides is 1. The fourth-order valence-electron chi connectivity index (χ4n) is 4.06. The van der Waals surface area contributed by atoms with Gasteiger partial charge in [-0.1, -0.05) is 54.6 Å². The van der Waals surface area contributed by atoms with Crippen LogP contribution in [0.15, 0.2) is 54.6 Å². The highest BCUT2D eigenvalue weighted by atomic mass is 16.4. The molecule has 2 N–H and O–H groups in total. The van der Waals surface area contributed by atoms with E-state index < -0.39 is 5.97 Å². The highest BCUT2D eigenvalue weighted by Crippen LogP contribution is 2.33. The lowest BCUT2D eigenvalue weighted by Gasteiger charge is -2.42. The number of benzene rings is 2. The second kappa shape index (κ2) is 8.78. The molecule has 2 saturated carbocycles. The minimum Gasteiger partial charge on any atom is -0.480 e. The van der Waals surface area contributed by atoms with Crippen LogP contribution in [0.2, 0.25) is 0 Å². The van der Waals surface area contributed by atoms with E-state index in [1.165, 1.54) is 18.4 Å². The second-order valence-corrected chi connectivity index (χ2v) is 8.40. The number of hydrogen-bond acceptors (Lipinski definition) is 3. The summed E-state index contributed by atoms with van der Waals surface area (Å²) in [4.78, 5) is 25.6. The van der Waals surface area contributed by atoms with Crippen LogP contribution in [0.3, 0.4) is 0 Å². The average Bonchev–Trinajstić information content (AvgIpc) is 3.49. The Morgan fingerprint density at radius 2 is 1.62 bits per heavy atom. The molecule has 2 aliphatic rings. The van der Waals surface area contributed by atoms with E-state index in [9.17, 15) is 9.59 Å². The summed E-state index contributed by atoms with van der Waals surface area (Å²) in [5, 5.41) is 12.2. The number of carbonyl (C=O) groups is 2. The van der Waals surface area contributed by atoms with Crippen LogP contribution in [0.25, 0.3) is 11.1 Å². The van der Waals surface area contributed by atoms with Crippen molar-refractivity contribution >= 4 is 11.9 Å². The van der Waals surface area contributed by atoms with Gasteiger partial charge in [0.25, 0.3) is 0 Å². The molecular weight excluding hydrogens is 364 g/mol. The first-order valence-electron chi connectivity index (χ1n) is 10.5. The van der Waals surface area contributed by atoms with Gasteiger partial charge in [0, 0.05) is 18.6 Å². The third kappa shape index (κ3) is 5.45. The van der Waals surface area contributed by atoms with Crippen molar-refractivity contribution in [3.8, 4) is 11.1 Å². The molecule has 2 fully saturated rings. The summed E-state index contributed by atoms with van der Waals surface area (Å²) in [5.74, 6) is -0.0631. The molecule has 1 amide bonds. The van der Waals surface area contributed by atoms with Gasteiger partial charge in [0.1, 0.15) is 0 Å². The van der Waals surface area contributed by atoms with Gasteiger partial charge in [-0.05, 0) is 48.3 Å². The Labute approximate surface area is 171 Å². The maximum atomic E-state index is 12.4. The number of nitrogens with zero attached hydrogens (tertiary/aromatic N) is 1. The van der Waals surface area contributed by atoms with E-state index in [0.717, 1.165) is 30.5 Å². The maximum absolute atomic E-state index is 12.4. The number of carboxylic acids is 1. The first kappa shape index (κ1) is 19.6. The summed E-state index contributed by atoms with van der Waals surface area (Å²) >= 11 is 0. The predicted molar refractivity (Wildman–Crippen MR) is 112 cm³/mol. The van der Waals surface area contributed by atoms with Crippen LogP contribution in [0.4, 0.5) is 0 Å². The summed E-state index contributed by atoms with van der Waals surface area (Å²) in [5.41, 5.74) is 3.31. The van der Waals surface area contributed by atoms with Crippen LogP contribution in [-0.4, -0.2) is 47.1 Å². The minimum atomic E-state index is -0.767. The molecule has 4 rings (SSSR count). The van der Waals surface area contributed by atoms with Crippen LogP contribution >= 0.6 is 0 Å². The third-order valence-electron chi connectivity index (χ3n) is 5.95. The number of aliphatic carboxylic acids is 1. The largest absolute Gasteiger partial charge is 0.480 e. The Balaban J connectivity index is 1.24. The molecule has 2 aliphatic carbocycles. The zero-order chi connectivity index (χ0) is 20.2. The summed E-state index contributed by atoms with van der Waals surface area (Å²) < 4.78 is 0. The van der Waals surface area contributed by atoms with Crippen molar-refractivity contribution in [3.05, 3.63) is 60.2 Å². The van der Waals surface area contributed by atoms with Crippen LogP contribution in [0.1, 0.15) is 31.2 Å². The summed E-state index contributed by atoms with van der Waals surface area (Å²) in [6, 6.07) is 18.8. The Kier molecular flexibility index (Phi) is 5.95. The predicted octanol–water partition coefficient (Wildman–Crippen LogP) is 3.34. The first-order valence-corrected chi connectivity index (χ1v) is 10.5. The van der Waals surface area contributed by atoms with Crippen molar-refractivity contribution < 1.29 is 14.7 Å². The molecule has 0 heterocycles. The molecule has 0 radical (unpaired) electrons. The number of nitrogens with one attached hydrogen (secondary N) is 1. The Bertz CT molecular complexity index is 840. The van der Waals surface area contributed by atoms with Crippen molar-refractivity contribution in [2.24, 2.45) is 5.92 Å². The van der Waals surface area contributed by atoms with Gasteiger partial charge in [0.2, 0.25) is 5.91 Å². The third-order valence-corrected chi connectivity index (χ3v) is 5.95. The van der Waals surface area contributed by atoms with Gasteiger partial charge in [-0.2, -0.15) is 0 Å². The molecule has 5 nitrogen and oxygen atoms in total. The van der Waals surface area contributed by atoms with Gasteiger partial charge in [0.15, 0.2) is 0 Å². The number of rotatable bonds is 9. The molecule has 152 valence electrons. The highest BCUT2D eigenvalue weighted by molar-refractivity contribution is 5.79. The van der Waals surface area contributed by atoms with E-state index in [-0.39, 0.29) is 24.5 Å². The van der Waals surface area contributed by atoms with Crippen LogP contribution < -0.4 is 5.32 Å². The fraction of sp³-hybridized carbons (Fsp3) is 0.417. The number of hydrogen-bond donors (Lipinski definition) is 2. The Hall–Kier alpha value is -2.66. The highest BCUT2D eigenvalue weighted by Gasteiger charge is 2.37. The lowest BCUT2D eigenvalue weighted by atomic mass is 9.85. The first-order chi connectivity index (χ1) is 14.1. The number of carbonyl (C=O) groups excluding carboxylic acids is 1. The van der Waals surface area contributed by atoms with Crippen LogP contribution in [0, 0.1) is 5.92 Å². The van der Waals surface area contributed by atoms with Gasteiger partial charge in [-0.3, -0.25) is 14.5 Å². The smallest absolute Gasteiger partial charge is 0.317 e. The van der Waals surface area contributed by atoms with Crippen molar-refractivity contribution in [2.45, 2.75) is 44.2 Å². The summed E-state index contributed by atoms with van der Waals surface area (Å²) in [7, 11) is 0. The molecule has 2 aromatic rings. The van der Waals surface area contributed by atoms with Crippen LogP contribution in [-0.2, 0) is 16.0 Å². The summed E-state index contributed by atoms with van der Waals surface area (Å²) in [6.45, 7) is 0.987. The van der Waals surface area contributed by atoms with E-state index in [0.29, 0.717) is 12.3 Å². The molecule has 2 aromatic carbocycles. The molecule has 0 spiro atoms. The van der Waals surface area contributed by atoms with Gasteiger partial charge in [-0.25, -0.2) is 0 Å². The maximum Gasteiger partial charge on any atom is 0.317 e. The molecule has 0 bridgehead atoms. The van der Waals surface area contributed by atoms with Crippen molar-refractivity contribution in [3.63, 3.8) is 0 Å². The van der Waals surface area contributed by atoms with Gasteiger partial charge in [-0.15, -0.1) is 0 Å². The molecular formula is C24H28N2O3. The monoisotopic (exact) mass is 392 g/mol. The minimum absolute atomic E-state index is 0.0351. The molecule has 29 heavy (non-hydrogen) atoms. The molecule has 0 saturated heterocycles. The summed E-state index contributed by atoms with van der Waals surface area (Å²) in [6.07, 6.45) is 4.49. The Morgan fingerprint density at radius 3 is 2.24 bits per heavy atom. The molecule has 5 heteroatoms. The molecule has 0 unspecified atom stereocenters. The van der Waals surface area contributed by atoms with E-state index in [1.54, 1.807) is 0 Å². The molecule has 0 atom stereocenters. The number of carboxylic acid groups (broad SMARTS) is 1. The quantitative estimate of drug-likeness (QED) is 0.687. The molecule has 0 aliphatic heterocycles. The van der Waals surface area contributed by atoms with E-state index in [4.69, 9.17) is 5.11 Å². The van der Waals surface area contributed by atoms with Gasteiger partial charge in [0.05, 0.1) is 13.0 Å². The van der Waals surface area contributed by atoms with Crippen molar-refractivity contribution in [1.82, 2.24) is 10.2 Å². The SMILES string of the molecule is O=C(O)CN(CC1CC1)C1CC(NC(=O)Cc2ccc(-c3ccccc3)cc2)C1. The second-order valence-electron chi connectivity index (χ2n) is 8.40. The lowest BCUT2D eigenvalue weighted by Crippen LogP contribution is -2.55. The average molecular weight is 392 g/mol. The normalized spacial score (nSPS) is 20.9. The van der Waals surface area contributed by atoms with Gasteiger partial charge < -0.3 is 10.4 Å². The lowest BCUT2D eigenvalue weighted by molar-refractivity contribution is -0.140. The topological polar surface area (TPSA) is 69.6 Å². The zero-order valence-electron chi connectivity index (χ0n) is 16.6. The Morgan fingerprint density at radius 1 is 0.966 bits per heavy atom. The van der Waals surface area contributed by atoms with E-state index in [1.807, 2.05) is 30.3 Å². The zero-order valence-corrected chi connectivity index (χ0v) is 16.6.